The van der Waals surface area contributed by atoms with Crippen LogP contribution in [0.1, 0.15) is 13.3 Å². The van der Waals surface area contributed by atoms with E-state index in [1.165, 1.54) is 11.8 Å². The monoisotopic (exact) mass is 431 g/mol. The zero-order valence-corrected chi connectivity index (χ0v) is 17.5. The van der Waals surface area contributed by atoms with E-state index in [9.17, 15) is 4.79 Å². The number of fused-ring (bicyclic) bond motifs is 1. The fourth-order valence-corrected chi connectivity index (χ4v) is 5.05. The SMILES string of the molecule is CC1CCN(C(=O)CSc2nnnn2-c2cccc(Cl)c2)c2ccccc2S1. The van der Waals surface area contributed by atoms with Gasteiger partial charge in [0, 0.05) is 21.7 Å². The summed E-state index contributed by atoms with van der Waals surface area (Å²) in [6.45, 7) is 2.91. The highest BCUT2D eigenvalue weighted by Crippen LogP contribution is 2.37. The minimum Gasteiger partial charge on any atom is -0.311 e. The Morgan fingerprint density at radius 2 is 2.14 bits per heavy atom. The van der Waals surface area contributed by atoms with Crippen LogP contribution < -0.4 is 4.90 Å². The lowest BCUT2D eigenvalue weighted by Crippen LogP contribution is -2.33. The minimum atomic E-state index is 0.0489. The first-order valence-electron chi connectivity index (χ1n) is 8.85. The fourth-order valence-electron chi connectivity index (χ4n) is 2.99. The summed E-state index contributed by atoms with van der Waals surface area (Å²) in [4.78, 5) is 16.0. The van der Waals surface area contributed by atoms with Crippen LogP contribution >= 0.6 is 35.1 Å². The molecule has 1 amide bonds. The van der Waals surface area contributed by atoms with Crippen molar-refractivity contribution >= 4 is 46.7 Å². The quantitative estimate of drug-likeness (QED) is 0.573. The summed E-state index contributed by atoms with van der Waals surface area (Å²) in [6, 6.07) is 15.4. The average molecular weight is 432 g/mol. The first-order valence-corrected chi connectivity index (χ1v) is 11.1. The van der Waals surface area contributed by atoms with Crippen LogP contribution in [0.15, 0.2) is 58.6 Å². The van der Waals surface area contributed by atoms with Gasteiger partial charge in [-0.2, -0.15) is 4.68 Å². The Labute approximate surface area is 176 Å². The van der Waals surface area contributed by atoms with E-state index < -0.39 is 0 Å². The average Bonchev–Trinajstić information content (AvgIpc) is 3.09. The molecule has 28 heavy (non-hydrogen) atoms. The predicted octanol–water partition coefficient (Wildman–Crippen LogP) is 4.33. The molecule has 1 aliphatic heterocycles. The van der Waals surface area contributed by atoms with Gasteiger partial charge < -0.3 is 4.90 Å². The molecule has 1 aromatic heterocycles. The summed E-state index contributed by atoms with van der Waals surface area (Å²) in [7, 11) is 0. The third-order valence-corrected chi connectivity index (χ3v) is 6.74. The molecule has 6 nitrogen and oxygen atoms in total. The molecule has 1 atom stereocenters. The van der Waals surface area contributed by atoms with Gasteiger partial charge in [-0.1, -0.05) is 48.5 Å². The molecule has 0 saturated carbocycles. The topological polar surface area (TPSA) is 63.9 Å². The van der Waals surface area contributed by atoms with E-state index in [4.69, 9.17) is 11.6 Å². The van der Waals surface area contributed by atoms with Crippen LogP contribution in [-0.2, 0) is 4.79 Å². The first kappa shape index (κ1) is 19.3. The number of anilines is 1. The summed E-state index contributed by atoms with van der Waals surface area (Å²) in [6.07, 6.45) is 0.954. The van der Waals surface area contributed by atoms with Crippen LogP contribution in [0.25, 0.3) is 5.69 Å². The lowest BCUT2D eigenvalue weighted by Gasteiger charge is -2.22. The van der Waals surface area contributed by atoms with Crippen LogP contribution in [0.4, 0.5) is 5.69 Å². The highest BCUT2D eigenvalue weighted by Gasteiger charge is 2.24. The van der Waals surface area contributed by atoms with E-state index in [1.54, 1.807) is 16.8 Å². The number of hydrogen-bond acceptors (Lipinski definition) is 6. The van der Waals surface area contributed by atoms with Gasteiger partial charge in [-0.3, -0.25) is 4.79 Å². The maximum absolute atomic E-state index is 13.0. The van der Waals surface area contributed by atoms with Crippen LogP contribution in [0.2, 0.25) is 5.02 Å². The van der Waals surface area contributed by atoms with E-state index in [0.29, 0.717) is 22.0 Å². The Hall–Kier alpha value is -2.03. The Morgan fingerprint density at radius 3 is 3.00 bits per heavy atom. The lowest BCUT2D eigenvalue weighted by molar-refractivity contribution is -0.116. The molecule has 2 heterocycles. The number of nitrogens with zero attached hydrogens (tertiary/aromatic N) is 5. The maximum atomic E-state index is 13.0. The van der Waals surface area contributed by atoms with Gasteiger partial charge in [-0.15, -0.1) is 16.9 Å². The van der Waals surface area contributed by atoms with Gasteiger partial charge in [0.25, 0.3) is 0 Å². The number of thioether (sulfide) groups is 2. The smallest absolute Gasteiger partial charge is 0.237 e. The second kappa shape index (κ2) is 8.55. The molecule has 0 radical (unpaired) electrons. The number of amides is 1. The molecule has 0 N–H and O–H groups in total. The standard InChI is InChI=1S/C19H18ClN5OS2/c1-13-9-10-24(16-7-2-3-8-17(16)28-13)18(26)12-27-19-21-22-23-25(19)15-6-4-5-14(20)11-15/h2-8,11,13H,9-10,12H2,1H3. The van der Waals surface area contributed by atoms with Crippen molar-refractivity contribution < 1.29 is 4.79 Å². The largest absolute Gasteiger partial charge is 0.311 e. The molecular formula is C19H18ClN5OS2. The summed E-state index contributed by atoms with van der Waals surface area (Å²) in [5, 5.41) is 13.5. The number of carbonyl (C=O) groups excluding carboxylic acids is 1. The van der Waals surface area contributed by atoms with Crippen molar-refractivity contribution in [3.05, 3.63) is 53.6 Å². The number of carbonyl (C=O) groups is 1. The highest BCUT2D eigenvalue weighted by atomic mass is 35.5. The van der Waals surface area contributed by atoms with E-state index >= 15 is 0 Å². The molecule has 1 unspecified atom stereocenters. The molecule has 2 aromatic carbocycles. The van der Waals surface area contributed by atoms with E-state index in [-0.39, 0.29) is 11.7 Å². The third kappa shape index (κ3) is 4.19. The Morgan fingerprint density at radius 1 is 1.29 bits per heavy atom. The molecule has 0 fully saturated rings. The molecule has 9 heteroatoms. The Balaban J connectivity index is 1.51. The molecule has 3 aromatic rings. The van der Waals surface area contributed by atoms with Crippen molar-refractivity contribution in [3.8, 4) is 5.69 Å². The van der Waals surface area contributed by atoms with Gasteiger partial charge in [-0.25, -0.2) is 0 Å². The van der Waals surface area contributed by atoms with Gasteiger partial charge in [-0.05, 0) is 47.2 Å². The van der Waals surface area contributed by atoms with Gasteiger partial charge in [0.05, 0.1) is 17.1 Å². The maximum Gasteiger partial charge on any atom is 0.237 e. The van der Waals surface area contributed by atoms with Crippen LogP contribution in [0, 0.1) is 0 Å². The molecule has 4 rings (SSSR count). The number of rotatable bonds is 4. The van der Waals surface area contributed by atoms with E-state index in [0.717, 1.165) is 22.7 Å². The second-order valence-electron chi connectivity index (χ2n) is 6.37. The molecule has 0 spiro atoms. The number of aromatic nitrogens is 4. The van der Waals surface area contributed by atoms with Crippen LogP contribution in [0.5, 0.6) is 0 Å². The summed E-state index contributed by atoms with van der Waals surface area (Å²) >= 11 is 9.21. The van der Waals surface area contributed by atoms with E-state index in [2.05, 4.69) is 28.5 Å². The minimum absolute atomic E-state index is 0.0489. The summed E-state index contributed by atoms with van der Waals surface area (Å²) < 4.78 is 1.60. The Kier molecular flexibility index (Phi) is 5.89. The van der Waals surface area contributed by atoms with Crippen LogP contribution in [-0.4, -0.2) is 43.7 Å². The molecular weight excluding hydrogens is 414 g/mol. The van der Waals surface area contributed by atoms with Crippen molar-refractivity contribution in [2.75, 3.05) is 17.2 Å². The van der Waals surface area contributed by atoms with Gasteiger partial charge >= 0.3 is 0 Å². The predicted molar refractivity (Wildman–Crippen MR) is 114 cm³/mol. The summed E-state index contributed by atoms with van der Waals surface area (Å²) in [5.41, 5.74) is 1.75. The number of benzene rings is 2. The van der Waals surface area contributed by atoms with Crippen molar-refractivity contribution in [1.82, 2.24) is 20.2 Å². The zero-order valence-electron chi connectivity index (χ0n) is 15.2. The van der Waals surface area contributed by atoms with E-state index in [1.807, 2.05) is 47.0 Å². The third-order valence-electron chi connectivity index (χ3n) is 4.36. The van der Waals surface area contributed by atoms with Crippen molar-refractivity contribution in [2.24, 2.45) is 0 Å². The molecule has 0 bridgehead atoms. The van der Waals surface area contributed by atoms with Gasteiger partial charge in [0.15, 0.2) is 0 Å². The highest BCUT2D eigenvalue weighted by molar-refractivity contribution is 8.00. The molecule has 144 valence electrons. The number of hydrogen-bond donors (Lipinski definition) is 0. The van der Waals surface area contributed by atoms with Crippen molar-refractivity contribution in [1.29, 1.82) is 0 Å². The number of tetrazole rings is 1. The van der Waals surface area contributed by atoms with Crippen molar-refractivity contribution in [3.63, 3.8) is 0 Å². The first-order chi connectivity index (χ1) is 13.6. The lowest BCUT2D eigenvalue weighted by atomic mass is 10.2. The molecule has 0 saturated heterocycles. The van der Waals surface area contributed by atoms with Crippen LogP contribution in [0.3, 0.4) is 0 Å². The fraction of sp³-hybridized carbons (Fsp3) is 0.263. The number of halogens is 1. The zero-order chi connectivity index (χ0) is 19.5. The Bertz CT molecular complexity index is 996. The normalized spacial score (nSPS) is 16.5. The van der Waals surface area contributed by atoms with Gasteiger partial charge in [0.2, 0.25) is 11.1 Å². The van der Waals surface area contributed by atoms with Gasteiger partial charge in [0.1, 0.15) is 0 Å². The second-order valence-corrected chi connectivity index (χ2v) is 9.23. The molecule has 1 aliphatic rings. The molecule has 0 aliphatic carbocycles. The summed E-state index contributed by atoms with van der Waals surface area (Å²) in [5.74, 6) is 0.307. The van der Waals surface area contributed by atoms with Crippen molar-refractivity contribution in [2.45, 2.75) is 28.6 Å². The number of para-hydroxylation sites is 1.